The first-order valence-electron chi connectivity index (χ1n) is 8.84. The van der Waals surface area contributed by atoms with Crippen molar-refractivity contribution >= 4 is 10.9 Å². The molecule has 0 amide bonds. The molecule has 0 fully saturated rings. The summed E-state index contributed by atoms with van der Waals surface area (Å²) in [4.78, 5) is 4.57. The smallest absolute Gasteiger partial charge is 0.123 e. The third-order valence-corrected chi connectivity index (χ3v) is 3.93. The molecule has 0 aliphatic carbocycles. The Balaban J connectivity index is 0.00000117. The van der Waals surface area contributed by atoms with Crippen LogP contribution < -0.4 is 4.74 Å². The molecule has 26 heavy (non-hydrogen) atoms. The molecule has 0 bridgehead atoms. The van der Waals surface area contributed by atoms with Crippen molar-refractivity contribution in [3.05, 3.63) is 71.2 Å². The minimum absolute atomic E-state index is 0.272. The number of hydrogen-bond donors (Lipinski definition) is 1. The molecule has 3 aromatic rings. The monoisotopic (exact) mass is 355 g/mol. The zero-order valence-corrected chi connectivity index (χ0v) is 16.0. The molecule has 0 unspecified atom stereocenters. The topological polar surface area (TPSA) is 42.4 Å². The van der Waals surface area contributed by atoms with E-state index in [1.807, 2.05) is 51.1 Å². The van der Waals surface area contributed by atoms with Gasteiger partial charge in [0, 0.05) is 22.7 Å². The third-order valence-electron chi connectivity index (χ3n) is 3.93. The summed E-state index contributed by atoms with van der Waals surface area (Å²) in [5.74, 6) is 0.403. The molecular weight excluding hydrogens is 329 g/mol. The second kappa shape index (κ2) is 8.28. The number of ether oxygens (including phenoxy) is 1. The Hall–Kier alpha value is -2.46. The van der Waals surface area contributed by atoms with E-state index in [0.717, 1.165) is 27.7 Å². The number of nitrogens with zero attached hydrogens (tertiary/aromatic N) is 1. The summed E-state index contributed by atoms with van der Waals surface area (Å²) in [6.07, 6.45) is 0. The summed E-state index contributed by atoms with van der Waals surface area (Å²) in [5, 5.41) is 11.2. The first-order valence-corrected chi connectivity index (χ1v) is 8.84. The minimum Gasteiger partial charge on any atom is -0.489 e. The normalized spacial score (nSPS) is 11.0. The molecule has 3 nitrogen and oxygen atoms in total. The largest absolute Gasteiger partial charge is 0.489 e. The van der Waals surface area contributed by atoms with Crippen molar-refractivity contribution in [1.29, 1.82) is 0 Å². The maximum Gasteiger partial charge on any atom is 0.123 e. The number of pyridine rings is 1. The number of halogens is 1. The fraction of sp³-hybridized carbons (Fsp3) is 0.318. The molecule has 1 N–H and O–H groups in total. The van der Waals surface area contributed by atoms with Crippen LogP contribution in [-0.2, 0) is 12.2 Å². The highest BCUT2D eigenvalue weighted by Gasteiger charge is 2.20. The number of aliphatic hydroxyl groups is 1. The van der Waals surface area contributed by atoms with Gasteiger partial charge in [-0.3, -0.25) is 4.98 Å². The Morgan fingerprint density at radius 3 is 2.46 bits per heavy atom. The van der Waals surface area contributed by atoms with Gasteiger partial charge >= 0.3 is 0 Å². The predicted octanol–water partition coefficient (Wildman–Crippen LogP) is 5.51. The number of hydrogen-bond acceptors (Lipinski definition) is 3. The van der Waals surface area contributed by atoms with Gasteiger partial charge in [-0.15, -0.1) is 0 Å². The van der Waals surface area contributed by atoms with Gasteiger partial charge in [0.15, 0.2) is 0 Å². The van der Waals surface area contributed by atoms with Gasteiger partial charge in [-0.2, -0.15) is 0 Å². The highest BCUT2D eigenvalue weighted by molar-refractivity contribution is 5.81. The summed E-state index contributed by atoms with van der Waals surface area (Å²) < 4.78 is 18.9. The van der Waals surface area contributed by atoms with Gasteiger partial charge in [0.1, 0.15) is 18.2 Å². The molecule has 0 aliphatic rings. The second-order valence-electron chi connectivity index (χ2n) is 6.45. The highest BCUT2D eigenvalue weighted by Crippen LogP contribution is 2.28. The van der Waals surface area contributed by atoms with E-state index in [1.54, 1.807) is 19.9 Å². The van der Waals surface area contributed by atoms with Gasteiger partial charge in [0.05, 0.1) is 11.1 Å². The predicted molar refractivity (Wildman–Crippen MR) is 104 cm³/mol. The molecule has 0 aliphatic heterocycles. The molecule has 0 saturated heterocycles. The van der Waals surface area contributed by atoms with Gasteiger partial charge in [-0.25, -0.2) is 4.39 Å². The zero-order valence-electron chi connectivity index (χ0n) is 16.0. The Morgan fingerprint density at radius 2 is 1.81 bits per heavy atom. The average molecular weight is 355 g/mol. The Labute approximate surface area is 154 Å². The van der Waals surface area contributed by atoms with Crippen molar-refractivity contribution in [2.24, 2.45) is 0 Å². The number of aromatic nitrogens is 1. The summed E-state index contributed by atoms with van der Waals surface area (Å²) in [5.41, 5.74) is 2.24. The second-order valence-corrected chi connectivity index (χ2v) is 6.45. The number of rotatable bonds is 4. The fourth-order valence-corrected chi connectivity index (χ4v) is 2.75. The summed E-state index contributed by atoms with van der Waals surface area (Å²) in [6, 6.07) is 13.9. The molecule has 4 heteroatoms. The molecule has 0 atom stereocenters. The van der Waals surface area contributed by atoms with Gasteiger partial charge in [-0.05, 0) is 56.7 Å². The molecule has 1 heterocycles. The summed E-state index contributed by atoms with van der Waals surface area (Å²) in [7, 11) is 0. The van der Waals surface area contributed by atoms with Crippen molar-refractivity contribution in [2.45, 2.75) is 46.8 Å². The van der Waals surface area contributed by atoms with E-state index in [4.69, 9.17) is 4.74 Å². The summed E-state index contributed by atoms with van der Waals surface area (Å²) in [6.45, 7) is 9.68. The number of aryl methyl sites for hydroxylation is 1. The first kappa shape index (κ1) is 19.9. The van der Waals surface area contributed by atoms with Crippen LogP contribution in [0.15, 0.2) is 48.5 Å². The van der Waals surface area contributed by atoms with Gasteiger partial charge in [-0.1, -0.05) is 26.0 Å². The van der Waals surface area contributed by atoms with Crippen LogP contribution in [-0.4, -0.2) is 10.1 Å². The quantitative estimate of drug-likeness (QED) is 0.670. The van der Waals surface area contributed by atoms with Gasteiger partial charge in [0.25, 0.3) is 0 Å². The van der Waals surface area contributed by atoms with Crippen LogP contribution in [0, 0.1) is 12.7 Å². The van der Waals surface area contributed by atoms with Crippen LogP contribution in [0.4, 0.5) is 4.39 Å². The zero-order chi connectivity index (χ0) is 19.3. The van der Waals surface area contributed by atoms with E-state index < -0.39 is 5.60 Å². The van der Waals surface area contributed by atoms with E-state index in [1.165, 1.54) is 12.1 Å². The standard InChI is InChI=1S/C20H20FNO2.C2H6/c1-13-18(20(2,3)23)10-15-7-8-17(11-19(15)22-13)24-12-14-5-4-6-16(21)9-14;1-2/h4-11,23H,12H2,1-3H3;1-2H3. The fourth-order valence-electron chi connectivity index (χ4n) is 2.75. The lowest BCUT2D eigenvalue weighted by Gasteiger charge is -2.20. The first-order chi connectivity index (χ1) is 12.3. The molecule has 138 valence electrons. The molecule has 0 radical (unpaired) electrons. The van der Waals surface area contributed by atoms with Crippen LogP contribution in [0.5, 0.6) is 5.75 Å². The molecular formula is C22H26FNO2. The summed E-state index contributed by atoms with van der Waals surface area (Å²) >= 11 is 0. The molecule has 2 aromatic carbocycles. The molecule has 0 spiro atoms. The van der Waals surface area contributed by atoms with Crippen LogP contribution in [0.1, 0.15) is 44.5 Å². The average Bonchev–Trinajstić information content (AvgIpc) is 2.60. The maximum absolute atomic E-state index is 13.2. The molecule has 1 aromatic heterocycles. The van der Waals surface area contributed by atoms with E-state index in [2.05, 4.69) is 4.98 Å². The van der Waals surface area contributed by atoms with Crippen molar-refractivity contribution in [2.75, 3.05) is 0 Å². The molecule has 3 rings (SSSR count). The third kappa shape index (κ3) is 4.79. The Bertz CT molecular complexity index is 885. The van der Waals surface area contributed by atoms with Crippen LogP contribution >= 0.6 is 0 Å². The van der Waals surface area contributed by atoms with Crippen LogP contribution in [0.2, 0.25) is 0 Å². The maximum atomic E-state index is 13.2. The number of fused-ring (bicyclic) bond motifs is 1. The SMILES string of the molecule is CC.Cc1nc2cc(OCc3cccc(F)c3)ccc2cc1C(C)(C)O. The minimum atomic E-state index is -0.933. The van der Waals surface area contributed by atoms with E-state index in [9.17, 15) is 9.50 Å². The van der Waals surface area contributed by atoms with E-state index in [-0.39, 0.29) is 5.82 Å². The van der Waals surface area contributed by atoms with Crippen molar-refractivity contribution in [1.82, 2.24) is 4.98 Å². The van der Waals surface area contributed by atoms with Crippen molar-refractivity contribution in [3.8, 4) is 5.75 Å². The highest BCUT2D eigenvalue weighted by atomic mass is 19.1. The number of benzene rings is 2. The van der Waals surface area contributed by atoms with Crippen LogP contribution in [0.25, 0.3) is 10.9 Å². The van der Waals surface area contributed by atoms with Crippen molar-refractivity contribution in [3.63, 3.8) is 0 Å². The van der Waals surface area contributed by atoms with E-state index >= 15 is 0 Å². The lowest BCUT2D eigenvalue weighted by atomic mass is 9.95. The van der Waals surface area contributed by atoms with Crippen molar-refractivity contribution < 1.29 is 14.2 Å². The van der Waals surface area contributed by atoms with Crippen LogP contribution in [0.3, 0.4) is 0 Å². The Morgan fingerprint density at radius 1 is 1.08 bits per heavy atom. The lowest BCUT2D eigenvalue weighted by molar-refractivity contribution is 0.0777. The molecule has 0 saturated carbocycles. The Kier molecular flexibility index (Phi) is 6.32. The van der Waals surface area contributed by atoms with Gasteiger partial charge in [0.2, 0.25) is 0 Å². The lowest BCUT2D eigenvalue weighted by Crippen LogP contribution is -2.17. The van der Waals surface area contributed by atoms with E-state index in [0.29, 0.717) is 12.4 Å². The van der Waals surface area contributed by atoms with Gasteiger partial charge < -0.3 is 9.84 Å².